The lowest BCUT2D eigenvalue weighted by molar-refractivity contribution is -0.221. The van der Waals surface area contributed by atoms with Crippen LogP contribution in [-0.4, -0.2) is 68.6 Å². The first kappa shape index (κ1) is 25.3. The first-order valence-corrected chi connectivity index (χ1v) is 11.9. The van der Waals surface area contributed by atoms with Gasteiger partial charge in [0.2, 0.25) is 5.91 Å². The molecule has 9 nitrogen and oxygen atoms in total. The average Bonchev–Trinajstić information content (AvgIpc) is 3.49. The van der Waals surface area contributed by atoms with E-state index in [-0.39, 0.29) is 54.1 Å². The van der Waals surface area contributed by atoms with E-state index < -0.39 is 42.4 Å². The van der Waals surface area contributed by atoms with Crippen LogP contribution in [0.15, 0.2) is 36.8 Å². The highest BCUT2D eigenvalue weighted by Crippen LogP contribution is 2.36. The molecule has 2 aliphatic rings. The molecule has 6 rings (SSSR count). The fraction of sp³-hybridized carbons (Fsp3) is 0.375. The molecule has 1 N–H and O–H groups in total. The van der Waals surface area contributed by atoms with Crippen LogP contribution in [-0.2, 0) is 9.53 Å². The fourth-order valence-corrected chi connectivity index (χ4v) is 4.49. The number of fused-ring (bicyclic) bond motifs is 2. The largest absolute Gasteiger partial charge is 0.416 e. The molecule has 3 atom stereocenters. The summed E-state index contributed by atoms with van der Waals surface area (Å²) in [5.41, 5.74) is 0.553. The van der Waals surface area contributed by atoms with E-state index in [2.05, 4.69) is 25.4 Å². The second kappa shape index (κ2) is 9.32. The van der Waals surface area contributed by atoms with E-state index in [1.165, 1.54) is 27.9 Å². The molecule has 1 saturated carbocycles. The molecule has 0 unspecified atom stereocenters. The smallest absolute Gasteiger partial charge is 0.365 e. The van der Waals surface area contributed by atoms with E-state index in [4.69, 9.17) is 4.74 Å². The van der Waals surface area contributed by atoms with Crippen LogP contribution in [0.1, 0.15) is 18.5 Å². The van der Waals surface area contributed by atoms with Gasteiger partial charge in [-0.2, -0.15) is 13.2 Å². The van der Waals surface area contributed by atoms with E-state index in [9.17, 15) is 31.1 Å². The van der Waals surface area contributed by atoms with Crippen LogP contribution < -0.4 is 10.2 Å². The summed E-state index contributed by atoms with van der Waals surface area (Å²) < 4.78 is 86.3. The second-order valence-electron chi connectivity index (χ2n) is 9.29. The number of anilines is 2. The summed E-state index contributed by atoms with van der Waals surface area (Å²) in [5, 5.41) is 7.16. The summed E-state index contributed by atoms with van der Waals surface area (Å²) in [6, 6.07) is 4.55. The number of nitrogens with zero attached hydrogens (tertiary/aromatic N) is 6. The van der Waals surface area contributed by atoms with Gasteiger partial charge in [-0.1, -0.05) is 0 Å². The number of rotatable bonds is 5. The number of ether oxygens (including phenoxy) is 1. The van der Waals surface area contributed by atoms with Crippen molar-refractivity contribution in [2.45, 2.75) is 31.3 Å². The average molecular weight is 551 g/mol. The molecule has 2 fully saturated rings. The predicted octanol–water partition coefficient (Wildman–Crippen LogP) is 4.34. The first-order valence-electron chi connectivity index (χ1n) is 11.9. The molecule has 0 bridgehead atoms. The van der Waals surface area contributed by atoms with E-state index in [0.717, 1.165) is 6.20 Å². The van der Waals surface area contributed by atoms with Crippen molar-refractivity contribution >= 4 is 33.8 Å². The Morgan fingerprint density at radius 2 is 1.95 bits per heavy atom. The molecule has 1 saturated heterocycles. The van der Waals surface area contributed by atoms with Crippen molar-refractivity contribution in [3.05, 3.63) is 42.5 Å². The zero-order chi connectivity index (χ0) is 27.5. The van der Waals surface area contributed by atoms with Gasteiger partial charge in [0.05, 0.1) is 31.0 Å². The van der Waals surface area contributed by atoms with Gasteiger partial charge in [0.15, 0.2) is 17.6 Å². The Balaban J connectivity index is 1.36. The molecule has 1 aliphatic heterocycles. The Bertz CT molecular complexity index is 1580. The molecule has 15 heteroatoms. The van der Waals surface area contributed by atoms with Crippen molar-refractivity contribution < 1.29 is 35.9 Å². The maximum Gasteiger partial charge on any atom is 0.416 e. The van der Waals surface area contributed by atoms with Crippen LogP contribution in [0.5, 0.6) is 0 Å². The van der Waals surface area contributed by atoms with Crippen LogP contribution in [0.4, 0.5) is 37.8 Å². The van der Waals surface area contributed by atoms with Gasteiger partial charge in [-0.05, 0) is 24.6 Å². The third-order valence-corrected chi connectivity index (χ3v) is 6.66. The van der Waals surface area contributed by atoms with Gasteiger partial charge in [0.1, 0.15) is 17.7 Å². The van der Waals surface area contributed by atoms with Crippen molar-refractivity contribution in [3.63, 3.8) is 0 Å². The van der Waals surface area contributed by atoms with Crippen LogP contribution in [0.2, 0.25) is 0 Å². The number of nitrogens with one attached hydrogen (secondary N) is 1. The second-order valence-corrected chi connectivity index (χ2v) is 9.29. The zero-order valence-electron chi connectivity index (χ0n) is 19.9. The molecule has 1 amide bonds. The lowest BCUT2D eigenvalue weighted by atomic mass is 10.1. The minimum atomic E-state index is -4.50. The number of halogens is 6. The van der Waals surface area contributed by atoms with Gasteiger partial charge in [-0.25, -0.2) is 27.7 Å². The lowest BCUT2D eigenvalue weighted by Crippen LogP contribution is -2.49. The summed E-state index contributed by atoms with van der Waals surface area (Å²) in [6.45, 7) is -0.237. The summed E-state index contributed by atoms with van der Waals surface area (Å²) >= 11 is 0. The number of hydrogen-bond acceptors (Lipinski definition) is 7. The summed E-state index contributed by atoms with van der Waals surface area (Å²) in [4.78, 5) is 26.0. The number of morpholine rings is 1. The molecule has 0 radical (unpaired) electrons. The van der Waals surface area contributed by atoms with Crippen molar-refractivity contribution in [2.75, 3.05) is 29.9 Å². The molecule has 0 spiro atoms. The van der Waals surface area contributed by atoms with Crippen LogP contribution in [0.25, 0.3) is 27.8 Å². The third-order valence-electron chi connectivity index (χ3n) is 6.66. The molecule has 4 aromatic heterocycles. The topological polar surface area (TPSA) is 97.5 Å². The first-order chi connectivity index (χ1) is 18.6. The van der Waals surface area contributed by atoms with Gasteiger partial charge in [0.25, 0.3) is 6.43 Å². The molecule has 39 heavy (non-hydrogen) atoms. The number of carbonyl (C=O) groups excluding carboxylic acids is 1. The van der Waals surface area contributed by atoms with Crippen molar-refractivity contribution in [1.82, 2.24) is 24.6 Å². The van der Waals surface area contributed by atoms with Crippen LogP contribution >= 0.6 is 0 Å². The maximum absolute atomic E-state index is 13.7. The van der Waals surface area contributed by atoms with E-state index >= 15 is 0 Å². The van der Waals surface area contributed by atoms with Gasteiger partial charge in [-0.15, -0.1) is 5.10 Å². The standard InChI is InChI=1S/C24H19F6N7O2/c25-16-5-13(16)23(38)33-18-6-12-14(7-31-18)20(21(26)27)32-8-15(12)22-34-19-2-1-11(9-37(19)35-22)36-3-4-39-17(10-36)24(28,29)30/h1-2,6-9,13,16-17,21H,3-5,10H2,(H,31,33,38)/t13-,16+,17-/m1/s1. The quantitative estimate of drug-likeness (QED) is 0.369. The number of hydrogen-bond donors (Lipinski definition) is 1. The summed E-state index contributed by atoms with van der Waals surface area (Å²) in [5.74, 6) is -1.19. The fourth-order valence-electron chi connectivity index (χ4n) is 4.49. The number of amides is 1. The van der Waals surface area contributed by atoms with E-state index in [1.807, 2.05) is 0 Å². The molecular formula is C24H19F6N7O2. The highest BCUT2D eigenvalue weighted by Gasteiger charge is 2.44. The Morgan fingerprint density at radius 3 is 2.67 bits per heavy atom. The summed E-state index contributed by atoms with van der Waals surface area (Å²) in [7, 11) is 0. The molecular weight excluding hydrogens is 532 g/mol. The van der Waals surface area contributed by atoms with E-state index in [0.29, 0.717) is 11.3 Å². The van der Waals surface area contributed by atoms with Gasteiger partial charge < -0.3 is 15.0 Å². The van der Waals surface area contributed by atoms with Crippen LogP contribution in [0, 0.1) is 5.92 Å². The Kier molecular flexibility index (Phi) is 6.04. The van der Waals surface area contributed by atoms with Crippen molar-refractivity contribution in [1.29, 1.82) is 0 Å². The van der Waals surface area contributed by atoms with Crippen molar-refractivity contribution in [2.24, 2.45) is 5.92 Å². The zero-order valence-corrected chi connectivity index (χ0v) is 19.9. The number of aromatic nitrogens is 5. The molecule has 4 aromatic rings. The SMILES string of the molecule is O=C(Nc1cc2c(-c3nc4ccc(N5CCO[C@@H](C(F)(F)F)C5)cn4n3)cnc(C(F)F)c2cn1)[C@@H]1C[C@@H]1F. The van der Waals surface area contributed by atoms with Crippen molar-refractivity contribution in [3.8, 4) is 11.4 Å². The Hall–Kier alpha value is -4.01. The maximum atomic E-state index is 13.7. The Morgan fingerprint density at radius 1 is 1.15 bits per heavy atom. The van der Waals surface area contributed by atoms with Gasteiger partial charge >= 0.3 is 6.18 Å². The van der Waals surface area contributed by atoms with E-state index in [1.54, 1.807) is 12.1 Å². The normalized spacial score (nSPS) is 21.6. The number of alkyl halides is 6. The molecule has 1 aliphatic carbocycles. The number of pyridine rings is 3. The minimum absolute atomic E-state index is 0.0151. The molecule has 204 valence electrons. The molecule has 0 aromatic carbocycles. The predicted molar refractivity (Wildman–Crippen MR) is 126 cm³/mol. The molecule has 5 heterocycles. The lowest BCUT2D eigenvalue weighted by Gasteiger charge is -2.35. The monoisotopic (exact) mass is 551 g/mol. The number of carbonyl (C=O) groups is 1. The highest BCUT2D eigenvalue weighted by atomic mass is 19.4. The third kappa shape index (κ3) is 4.82. The summed E-state index contributed by atoms with van der Waals surface area (Å²) in [6.07, 6.45) is -6.60. The van der Waals surface area contributed by atoms with Gasteiger partial charge in [0, 0.05) is 35.3 Å². The van der Waals surface area contributed by atoms with Crippen LogP contribution in [0.3, 0.4) is 0 Å². The highest BCUT2D eigenvalue weighted by molar-refractivity contribution is 6.00. The Labute approximate surface area is 215 Å². The van der Waals surface area contributed by atoms with Gasteiger partial charge in [-0.3, -0.25) is 9.78 Å². The minimum Gasteiger partial charge on any atom is -0.365 e.